The lowest BCUT2D eigenvalue weighted by atomic mass is 10.2. The zero-order chi connectivity index (χ0) is 15.2. The van der Waals surface area contributed by atoms with Gasteiger partial charge >= 0.3 is 0 Å². The van der Waals surface area contributed by atoms with Gasteiger partial charge in [0, 0.05) is 13.7 Å². The maximum absolute atomic E-state index is 12.2. The van der Waals surface area contributed by atoms with Gasteiger partial charge in [0.05, 0.1) is 24.6 Å². The Bertz CT molecular complexity index is 503. The first-order valence-electron chi connectivity index (χ1n) is 7.00. The molecule has 2 amide bonds. The van der Waals surface area contributed by atoms with Gasteiger partial charge in [-0.15, -0.1) is 0 Å². The molecule has 0 spiro atoms. The molecule has 0 aliphatic carbocycles. The Balaban J connectivity index is 1.94. The highest BCUT2D eigenvalue weighted by atomic mass is 16.5. The molecule has 1 atom stereocenters. The van der Waals surface area contributed by atoms with Gasteiger partial charge < -0.3 is 15.0 Å². The second-order valence-electron chi connectivity index (χ2n) is 5.05. The molecule has 2 heterocycles. The predicted octanol–water partition coefficient (Wildman–Crippen LogP) is 0.751. The van der Waals surface area contributed by atoms with Crippen molar-refractivity contribution < 1.29 is 14.3 Å². The highest BCUT2D eigenvalue weighted by Crippen LogP contribution is 2.14. The summed E-state index contributed by atoms with van der Waals surface area (Å²) in [5, 5.41) is 2.69. The number of aromatic nitrogens is 2. The molecule has 1 aliphatic rings. The van der Waals surface area contributed by atoms with E-state index in [1.54, 1.807) is 24.2 Å². The largest absolute Gasteiger partial charge is 0.372 e. The lowest BCUT2D eigenvalue weighted by Gasteiger charge is -2.22. The lowest BCUT2D eigenvalue weighted by Crippen LogP contribution is -2.43. The third kappa shape index (κ3) is 4.22. The number of nitrogens with one attached hydrogen (secondary N) is 1. The maximum Gasteiger partial charge on any atom is 0.252 e. The van der Waals surface area contributed by atoms with Crippen LogP contribution in [-0.2, 0) is 14.3 Å². The fourth-order valence-electron chi connectivity index (χ4n) is 2.28. The number of ether oxygens (including phenoxy) is 1. The number of nitrogens with zero attached hydrogens (tertiary/aromatic N) is 3. The number of hydrogen-bond acceptors (Lipinski definition) is 5. The van der Waals surface area contributed by atoms with Crippen molar-refractivity contribution in [3.63, 3.8) is 0 Å². The molecule has 1 fully saturated rings. The highest BCUT2D eigenvalue weighted by Gasteiger charge is 2.27. The van der Waals surface area contributed by atoms with E-state index in [2.05, 4.69) is 15.3 Å². The summed E-state index contributed by atoms with van der Waals surface area (Å²) in [7, 11) is 1.52. The minimum atomic E-state index is -0.442. The van der Waals surface area contributed by atoms with Gasteiger partial charge in [-0.3, -0.25) is 9.59 Å². The number of aryl methyl sites for hydroxylation is 1. The normalized spacial score (nSPS) is 19.2. The van der Waals surface area contributed by atoms with Crippen molar-refractivity contribution in [1.29, 1.82) is 0 Å². The van der Waals surface area contributed by atoms with Crippen LogP contribution in [0.4, 0.5) is 5.69 Å². The van der Waals surface area contributed by atoms with E-state index in [1.165, 1.54) is 7.11 Å². The first-order valence-corrected chi connectivity index (χ1v) is 7.00. The summed E-state index contributed by atoms with van der Waals surface area (Å²) in [6.45, 7) is 2.37. The average molecular weight is 292 g/mol. The van der Waals surface area contributed by atoms with Gasteiger partial charge in [-0.1, -0.05) is 0 Å². The van der Waals surface area contributed by atoms with Crippen LogP contribution in [0, 0.1) is 6.92 Å². The van der Waals surface area contributed by atoms with Gasteiger partial charge in [0.25, 0.3) is 5.91 Å². The van der Waals surface area contributed by atoms with Gasteiger partial charge in [-0.2, -0.15) is 0 Å². The highest BCUT2D eigenvalue weighted by molar-refractivity contribution is 5.95. The Morgan fingerprint density at radius 3 is 2.81 bits per heavy atom. The number of amides is 2. The molecule has 0 saturated carbocycles. The molecule has 21 heavy (non-hydrogen) atoms. The van der Waals surface area contributed by atoms with Crippen LogP contribution in [0.3, 0.4) is 0 Å². The molecule has 7 nitrogen and oxygen atoms in total. The van der Waals surface area contributed by atoms with Gasteiger partial charge in [0.2, 0.25) is 5.91 Å². The van der Waals surface area contributed by atoms with E-state index in [0.717, 1.165) is 12.8 Å². The molecule has 1 saturated heterocycles. The summed E-state index contributed by atoms with van der Waals surface area (Å²) < 4.78 is 5.18. The lowest BCUT2D eigenvalue weighted by molar-refractivity contribution is -0.143. The topological polar surface area (TPSA) is 84.4 Å². The smallest absolute Gasteiger partial charge is 0.252 e. The van der Waals surface area contributed by atoms with Crippen LogP contribution in [0.1, 0.15) is 25.1 Å². The molecule has 2 rings (SSSR count). The Hall–Kier alpha value is -2.02. The molecule has 1 aliphatic heterocycles. The zero-order valence-corrected chi connectivity index (χ0v) is 12.3. The van der Waals surface area contributed by atoms with E-state index in [4.69, 9.17) is 4.74 Å². The standard InChI is InChI=1S/C14H20N4O3/c1-10-15-7-11(8-16-10)17-13(19)9-18-6-4-3-5-12(21-2)14(18)20/h7-8,12H,3-6,9H2,1-2H3,(H,17,19). The molecule has 1 aromatic rings. The molecule has 7 heteroatoms. The number of anilines is 1. The SMILES string of the molecule is COC1CCCCN(CC(=O)Nc2cnc(C)nc2)C1=O. The number of likely N-dealkylation sites (tertiary alicyclic amines) is 1. The molecule has 114 valence electrons. The Kier molecular flexibility index (Phi) is 5.21. The molecule has 0 bridgehead atoms. The first kappa shape index (κ1) is 15.4. The third-order valence-corrected chi connectivity index (χ3v) is 3.42. The molecule has 0 aromatic carbocycles. The summed E-state index contributed by atoms with van der Waals surface area (Å²) in [5.74, 6) is 0.261. The second-order valence-corrected chi connectivity index (χ2v) is 5.05. The van der Waals surface area contributed by atoms with Crippen molar-refractivity contribution in [3.05, 3.63) is 18.2 Å². The fourth-order valence-corrected chi connectivity index (χ4v) is 2.28. The van der Waals surface area contributed by atoms with E-state index < -0.39 is 6.10 Å². The Morgan fingerprint density at radius 1 is 1.43 bits per heavy atom. The molecular formula is C14H20N4O3. The summed E-state index contributed by atoms with van der Waals surface area (Å²) >= 11 is 0. The van der Waals surface area contributed by atoms with Crippen LogP contribution in [-0.4, -0.2) is 53.0 Å². The molecule has 1 unspecified atom stereocenters. The predicted molar refractivity (Wildman–Crippen MR) is 76.6 cm³/mol. The summed E-state index contributed by atoms with van der Waals surface area (Å²) in [4.78, 5) is 33.8. The number of carbonyl (C=O) groups excluding carboxylic acids is 2. The third-order valence-electron chi connectivity index (χ3n) is 3.42. The van der Waals surface area contributed by atoms with Crippen LogP contribution in [0.25, 0.3) is 0 Å². The minimum Gasteiger partial charge on any atom is -0.372 e. The van der Waals surface area contributed by atoms with Gasteiger partial charge in [0.15, 0.2) is 0 Å². The number of hydrogen-bond donors (Lipinski definition) is 1. The number of carbonyl (C=O) groups is 2. The minimum absolute atomic E-state index is 0.0204. The summed E-state index contributed by atoms with van der Waals surface area (Å²) in [5.41, 5.74) is 0.524. The first-order chi connectivity index (χ1) is 10.1. The Labute approximate surface area is 123 Å². The number of methoxy groups -OCH3 is 1. The van der Waals surface area contributed by atoms with Crippen LogP contribution >= 0.6 is 0 Å². The van der Waals surface area contributed by atoms with Crippen LogP contribution in [0.5, 0.6) is 0 Å². The molecule has 1 N–H and O–H groups in total. The maximum atomic E-state index is 12.2. The summed E-state index contributed by atoms with van der Waals surface area (Å²) in [6, 6.07) is 0. The van der Waals surface area contributed by atoms with Crippen molar-refractivity contribution in [3.8, 4) is 0 Å². The van der Waals surface area contributed by atoms with E-state index >= 15 is 0 Å². The van der Waals surface area contributed by atoms with E-state index in [9.17, 15) is 9.59 Å². The fraction of sp³-hybridized carbons (Fsp3) is 0.571. The van der Waals surface area contributed by atoms with Crippen molar-refractivity contribution >= 4 is 17.5 Å². The van der Waals surface area contributed by atoms with Gasteiger partial charge in [-0.25, -0.2) is 9.97 Å². The van der Waals surface area contributed by atoms with Gasteiger partial charge in [0.1, 0.15) is 11.9 Å². The van der Waals surface area contributed by atoms with Crippen LogP contribution in [0.15, 0.2) is 12.4 Å². The van der Waals surface area contributed by atoms with Crippen molar-refractivity contribution in [1.82, 2.24) is 14.9 Å². The molecule has 1 aromatic heterocycles. The molecule has 0 radical (unpaired) electrons. The quantitative estimate of drug-likeness (QED) is 0.885. The van der Waals surface area contributed by atoms with Crippen molar-refractivity contribution in [2.24, 2.45) is 0 Å². The van der Waals surface area contributed by atoms with Crippen molar-refractivity contribution in [2.45, 2.75) is 32.3 Å². The number of rotatable bonds is 4. The monoisotopic (exact) mass is 292 g/mol. The molecular weight excluding hydrogens is 272 g/mol. The second kappa shape index (κ2) is 7.12. The van der Waals surface area contributed by atoms with Crippen LogP contribution in [0.2, 0.25) is 0 Å². The van der Waals surface area contributed by atoms with E-state index in [1.807, 2.05) is 0 Å². The van der Waals surface area contributed by atoms with E-state index in [0.29, 0.717) is 24.5 Å². The Morgan fingerprint density at radius 2 is 2.14 bits per heavy atom. The zero-order valence-electron chi connectivity index (χ0n) is 12.3. The van der Waals surface area contributed by atoms with Gasteiger partial charge in [-0.05, 0) is 26.2 Å². The van der Waals surface area contributed by atoms with Crippen LogP contribution < -0.4 is 5.32 Å². The van der Waals surface area contributed by atoms with E-state index in [-0.39, 0.29) is 18.4 Å². The average Bonchev–Trinajstić information content (AvgIpc) is 2.64. The van der Waals surface area contributed by atoms with Crippen molar-refractivity contribution in [2.75, 3.05) is 25.5 Å². The summed E-state index contributed by atoms with van der Waals surface area (Å²) in [6.07, 6.45) is 5.16.